The lowest BCUT2D eigenvalue weighted by molar-refractivity contribution is 0.388. The predicted octanol–water partition coefficient (Wildman–Crippen LogP) is 3.61. The van der Waals surface area contributed by atoms with Gasteiger partial charge < -0.3 is 9.84 Å². The standard InChI is InChI=1S/C16H17FN2O2S/c1-8(2)11-7-22-16(19-11)10-6-12(20)9-4-5-13(21-3)14(17)15(9)18-10/h4-6,8,11H,7H2,1-3H3,(H,18,20). The van der Waals surface area contributed by atoms with Crippen LogP contribution in [0.1, 0.15) is 19.5 Å². The number of pyridine rings is 1. The molecule has 0 radical (unpaired) electrons. The Balaban J connectivity index is 2.12. The third kappa shape index (κ3) is 2.52. The van der Waals surface area contributed by atoms with E-state index in [1.807, 2.05) is 0 Å². The van der Waals surface area contributed by atoms with Crippen LogP contribution in [0.15, 0.2) is 23.2 Å². The molecule has 0 saturated carbocycles. The van der Waals surface area contributed by atoms with Gasteiger partial charge in [0, 0.05) is 17.2 Å². The number of rotatable bonds is 3. The molecule has 4 nitrogen and oxygen atoms in total. The molecule has 1 aliphatic rings. The highest BCUT2D eigenvalue weighted by molar-refractivity contribution is 8.14. The van der Waals surface area contributed by atoms with Crippen LogP contribution in [-0.2, 0) is 0 Å². The van der Waals surface area contributed by atoms with Crippen molar-refractivity contribution in [3.05, 3.63) is 29.7 Å². The van der Waals surface area contributed by atoms with Gasteiger partial charge in [-0.15, -0.1) is 11.8 Å². The van der Waals surface area contributed by atoms with Gasteiger partial charge in [0.15, 0.2) is 11.6 Å². The van der Waals surface area contributed by atoms with Gasteiger partial charge in [-0.25, -0.2) is 9.37 Å². The maximum Gasteiger partial charge on any atom is 0.191 e. The lowest BCUT2D eigenvalue weighted by Crippen LogP contribution is -2.11. The summed E-state index contributed by atoms with van der Waals surface area (Å²) in [5.74, 6) is 0.862. The molecule has 0 saturated heterocycles. The average Bonchev–Trinajstić information content (AvgIpc) is 2.98. The Kier molecular flexibility index (Phi) is 3.95. The van der Waals surface area contributed by atoms with Gasteiger partial charge in [-0.2, -0.15) is 0 Å². The van der Waals surface area contributed by atoms with Gasteiger partial charge in [0.25, 0.3) is 0 Å². The van der Waals surface area contributed by atoms with E-state index >= 15 is 0 Å². The van der Waals surface area contributed by atoms with E-state index in [9.17, 15) is 9.50 Å². The number of hydrogen-bond donors (Lipinski definition) is 1. The molecular weight excluding hydrogens is 303 g/mol. The van der Waals surface area contributed by atoms with Crippen LogP contribution in [0.5, 0.6) is 11.5 Å². The maximum atomic E-state index is 14.4. The summed E-state index contributed by atoms with van der Waals surface area (Å²) in [5, 5.41) is 11.3. The fraction of sp³-hybridized carbons (Fsp3) is 0.375. The number of aliphatic imine (C=N–C) groups is 1. The number of benzene rings is 1. The van der Waals surface area contributed by atoms with Crippen molar-refractivity contribution < 1.29 is 14.2 Å². The molecular formula is C16H17FN2O2S. The Hall–Kier alpha value is -1.82. The van der Waals surface area contributed by atoms with Crippen molar-refractivity contribution in [2.24, 2.45) is 10.9 Å². The van der Waals surface area contributed by atoms with Crippen molar-refractivity contribution in [3.8, 4) is 11.5 Å². The van der Waals surface area contributed by atoms with Gasteiger partial charge in [-0.3, -0.25) is 4.99 Å². The lowest BCUT2D eigenvalue weighted by Gasteiger charge is -2.09. The summed E-state index contributed by atoms with van der Waals surface area (Å²) in [6, 6.07) is 4.86. The molecule has 1 atom stereocenters. The monoisotopic (exact) mass is 320 g/mol. The van der Waals surface area contributed by atoms with Crippen LogP contribution in [0.4, 0.5) is 4.39 Å². The Labute approximate surface area is 132 Å². The molecule has 0 fully saturated rings. The van der Waals surface area contributed by atoms with Gasteiger partial charge in [0.1, 0.15) is 16.3 Å². The van der Waals surface area contributed by atoms with Crippen LogP contribution in [0, 0.1) is 11.7 Å². The van der Waals surface area contributed by atoms with Gasteiger partial charge in [-0.1, -0.05) is 13.8 Å². The molecule has 2 heterocycles. The SMILES string of the molecule is COc1ccc2c(O)cc(C3=NC(C(C)C)CS3)nc2c1F. The third-order valence-electron chi connectivity index (χ3n) is 3.74. The molecule has 6 heteroatoms. The summed E-state index contributed by atoms with van der Waals surface area (Å²) in [5.41, 5.74) is 0.607. The quantitative estimate of drug-likeness (QED) is 0.939. The van der Waals surface area contributed by atoms with Gasteiger partial charge in [-0.05, 0) is 18.1 Å². The molecule has 1 aromatic carbocycles. The number of aromatic nitrogens is 1. The Morgan fingerprint density at radius 3 is 2.82 bits per heavy atom. The van der Waals surface area contributed by atoms with Crippen LogP contribution < -0.4 is 4.74 Å². The maximum absolute atomic E-state index is 14.4. The molecule has 1 aliphatic heterocycles. The van der Waals surface area contributed by atoms with Gasteiger partial charge in [0.05, 0.1) is 18.8 Å². The summed E-state index contributed by atoms with van der Waals surface area (Å²) >= 11 is 1.59. The van der Waals surface area contributed by atoms with E-state index in [4.69, 9.17) is 4.74 Å². The summed E-state index contributed by atoms with van der Waals surface area (Å²) in [4.78, 5) is 8.98. The number of halogens is 1. The highest BCUT2D eigenvalue weighted by Gasteiger charge is 2.24. The van der Waals surface area contributed by atoms with Crippen LogP contribution in [0.3, 0.4) is 0 Å². The Morgan fingerprint density at radius 1 is 1.41 bits per heavy atom. The molecule has 0 spiro atoms. The summed E-state index contributed by atoms with van der Waals surface area (Å²) < 4.78 is 19.4. The zero-order chi connectivity index (χ0) is 15.9. The Morgan fingerprint density at radius 2 is 2.18 bits per heavy atom. The molecule has 116 valence electrons. The van der Waals surface area contributed by atoms with Crippen molar-refractivity contribution >= 4 is 27.7 Å². The first kappa shape index (κ1) is 15.1. The molecule has 1 N–H and O–H groups in total. The first-order valence-corrected chi connectivity index (χ1v) is 8.07. The van der Waals surface area contributed by atoms with Gasteiger partial charge >= 0.3 is 0 Å². The largest absolute Gasteiger partial charge is 0.507 e. The highest BCUT2D eigenvalue weighted by Crippen LogP contribution is 2.33. The zero-order valence-electron chi connectivity index (χ0n) is 12.6. The van der Waals surface area contributed by atoms with Crippen molar-refractivity contribution in [2.75, 3.05) is 12.9 Å². The second-order valence-corrected chi connectivity index (χ2v) is 6.57. The molecule has 3 rings (SSSR count). The zero-order valence-corrected chi connectivity index (χ0v) is 13.4. The summed E-state index contributed by atoms with van der Waals surface area (Å²) in [6.07, 6.45) is 0. The van der Waals surface area contributed by atoms with Crippen LogP contribution in [0.25, 0.3) is 10.9 Å². The highest BCUT2D eigenvalue weighted by atomic mass is 32.2. The second-order valence-electron chi connectivity index (χ2n) is 5.56. The first-order valence-electron chi connectivity index (χ1n) is 7.08. The number of ether oxygens (including phenoxy) is 1. The summed E-state index contributed by atoms with van der Waals surface area (Å²) in [7, 11) is 1.40. The number of fused-ring (bicyclic) bond motifs is 1. The van der Waals surface area contributed by atoms with Crippen LogP contribution in [0.2, 0.25) is 0 Å². The number of thioether (sulfide) groups is 1. The third-order valence-corrected chi connectivity index (χ3v) is 4.84. The van der Waals surface area contributed by atoms with Crippen molar-refractivity contribution in [1.82, 2.24) is 4.98 Å². The number of aromatic hydroxyl groups is 1. The Bertz CT molecular complexity index is 761. The number of nitrogens with zero attached hydrogens (tertiary/aromatic N) is 2. The number of methoxy groups -OCH3 is 1. The van der Waals surface area contributed by atoms with E-state index in [0.717, 1.165) is 10.8 Å². The molecule has 0 aliphatic carbocycles. The number of hydrogen-bond acceptors (Lipinski definition) is 5. The van der Waals surface area contributed by atoms with Crippen molar-refractivity contribution in [1.29, 1.82) is 0 Å². The molecule has 2 aromatic rings. The van der Waals surface area contributed by atoms with Crippen molar-refractivity contribution in [3.63, 3.8) is 0 Å². The van der Waals surface area contributed by atoms with E-state index in [0.29, 0.717) is 17.0 Å². The normalized spacial score (nSPS) is 18.0. The first-order chi connectivity index (χ1) is 10.5. The van der Waals surface area contributed by atoms with E-state index in [1.54, 1.807) is 23.9 Å². The van der Waals surface area contributed by atoms with E-state index < -0.39 is 5.82 Å². The molecule has 1 aromatic heterocycles. The minimum Gasteiger partial charge on any atom is -0.507 e. The fourth-order valence-corrected chi connectivity index (χ4v) is 3.61. The minimum absolute atomic E-state index is 0.00199. The minimum atomic E-state index is -0.568. The lowest BCUT2D eigenvalue weighted by atomic mass is 10.1. The van der Waals surface area contributed by atoms with Crippen LogP contribution >= 0.6 is 11.8 Å². The molecule has 1 unspecified atom stereocenters. The topological polar surface area (TPSA) is 54.7 Å². The van der Waals surface area contributed by atoms with E-state index in [2.05, 4.69) is 23.8 Å². The van der Waals surface area contributed by atoms with Crippen molar-refractivity contribution in [2.45, 2.75) is 19.9 Å². The molecule has 22 heavy (non-hydrogen) atoms. The average molecular weight is 320 g/mol. The molecule has 0 bridgehead atoms. The molecule has 0 amide bonds. The van der Waals surface area contributed by atoms with Crippen LogP contribution in [-0.4, -0.2) is 34.0 Å². The fourth-order valence-electron chi connectivity index (χ4n) is 2.36. The smallest absolute Gasteiger partial charge is 0.191 e. The van der Waals surface area contributed by atoms with Gasteiger partial charge in [0.2, 0.25) is 0 Å². The predicted molar refractivity (Wildman–Crippen MR) is 87.5 cm³/mol. The second kappa shape index (κ2) is 5.76. The van der Waals surface area contributed by atoms with E-state index in [1.165, 1.54) is 13.2 Å². The summed E-state index contributed by atoms with van der Waals surface area (Å²) in [6.45, 7) is 4.24. The van der Waals surface area contributed by atoms with E-state index in [-0.39, 0.29) is 23.1 Å².